The molecule has 1 aliphatic heterocycles. The summed E-state index contributed by atoms with van der Waals surface area (Å²) in [5, 5.41) is 1.60. The third-order valence-electron chi connectivity index (χ3n) is 4.03. The van der Waals surface area contributed by atoms with Crippen LogP contribution in [0.5, 0.6) is 0 Å². The summed E-state index contributed by atoms with van der Waals surface area (Å²) in [5.41, 5.74) is 0.797. The molecule has 1 aliphatic rings. The van der Waals surface area contributed by atoms with Crippen LogP contribution in [0, 0.1) is 0 Å². The van der Waals surface area contributed by atoms with Gasteiger partial charge in [-0.2, -0.15) is 0 Å². The van der Waals surface area contributed by atoms with Gasteiger partial charge in [0.1, 0.15) is 11.6 Å². The monoisotopic (exact) mass is 364 g/mol. The minimum absolute atomic E-state index is 0.181. The topological polar surface area (TPSA) is 67.8 Å². The van der Waals surface area contributed by atoms with Gasteiger partial charge in [0.25, 0.3) is 0 Å². The summed E-state index contributed by atoms with van der Waals surface area (Å²) >= 11 is 6.14. The summed E-state index contributed by atoms with van der Waals surface area (Å²) in [6, 6.07) is 5.64. The summed E-state index contributed by atoms with van der Waals surface area (Å²) in [6.07, 6.45) is 0. The number of hydrogen-bond acceptors (Lipinski definition) is 7. The van der Waals surface area contributed by atoms with Crippen molar-refractivity contribution in [2.45, 2.75) is 6.54 Å². The molecule has 7 nitrogen and oxygen atoms in total. The number of rotatable bonds is 5. The fourth-order valence-electron chi connectivity index (χ4n) is 2.80. The summed E-state index contributed by atoms with van der Waals surface area (Å²) in [5.74, 6) is 1.23. The highest BCUT2D eigenvalue weighted by Crippen LogP contribution is 2.27. The summed E-state index contributed by atoms with van der Waals surface area (Å²) in [7, 11) is 3.21. The lowest BCUT2D eigenvalue weighted by atomic mass is 10.2. The van der Waals surface area contributed by atoms with E-state index >= 15 is 0 Å². The number of morpholine rings is 1. The summed E-state index contributed by atoms with van der Waals surface area (Å²) in [4.78, 5) is 24.8. The fraction of sp³-hybridized carbons (Fsp3) is 0.471. The first-order valence-electron chi connectivity index (χ1n) is 8.11. The maximum atomic E-state index is 11.4. The predicted octanol–water partition coefficient (Wildman–Crippen LogP) is 1.72. The van der Waals surface area contributed by atoms with Crippen molar-refractivity contribution in [1.82, 2.24) is 14.9 Å². The van der Waals surface area contributed by atoms with Gasteiger partial charge in [-0.05, 0) is 25.2 Å². The number of hydrogen-bond donors (Lipinski definition) is 0. The number of halogens is 1. The predicted molar refractivity (Wildman–Crippen MR) is 95.9 cm³/mol. The number of esters is 1. The molecule has 2 aromatic rings. The number of ether oxygens (including phenoxy) is 2. The molecule has 0 saturated carbocycles. The zero-order valence-corrected chi connectivity index (χ0v) is 15.1. The van der Waals surface area contributed by atoms with E-state index in [4.69, 9.17) is 26.1 Å². The number of fused-ring (bicyclic) bond motifs is 1. The normalized spacial score (nSPS) is 15.0. The van der Waals surface area contributed by atoms with E-state index in [0.29, 0.717) is 30.6 Å². The largest absolute Gasteiger partial charge is 0.468 e. The van der Waals surface area contributed by atoms with Gasteiger partial charge >= 0.3 is 5.97 Å². The second-order valence-corrected chi connectivity index (χ2v) is 6.41. The average molecular weight is 365 g/mol. The Morgan fingerprint density at radius 3 is 2.84 bits per heavy atom. The Kier molecular flexibility index (Phi) is 5.67. The number of anilines is 1. The molecule has 0 aliphatic carbocycles. The minimum Gasteiger partial charge on any atom is -0.468 e. The van der Waals surface area contributed by atoms with Gasteiger partial charge in [0.15, 0.2) is 0 Å². The van der Waals surface area contributed by atoms with Gasteiger partial charge in [-0.3, -0.25) is 9.69 Å². The lowest BCUT2D eigenvalue weighted by Gasteiger charge is -2.29. The molecule has 0 radical (unpaired) electrons. The van der Waals surface area contributed by atoms with Gasteiger partial charge in [-0.15, -0.1) is 0 Å². The Hall–Kier alpha value is -1.96. The van der Waals surface area contributed by atoms with Crippen molar-refractivity contribution < 1.29 is 14.3 Å². The van der Waals surface area contributed by atoms with Crippen LogP contribution < -0.4 is 4.90 Å². The van der Waals surface area contributed by atoms with Crippen molar-refractivity contribution in [1.29, 1.82) is 0 Å². The Morgan fingerprint density at radius 1 is 1.36 bits per heavy atom. The van der Waals surface area contributed by atoms with Crippen molar-refractivity contribution in [3.63, 3.8) is 0 Å². The van der Waals surface area contributed by atoms with E-state index in [-0.39, 0.29) is 12.5 Å². The van der Waals surface area contributed by atoms with Crippen LogP contribution in [-0.4, -0.2) is 67.8 Å². The van der Waals surface area contributed by atoms with Crippen LogP contribution in [0.15, 0.2) is 18.2 Å². The summed E-state index contributed by atoms with van der Waals surface area (Å²) < 4.78 is 10.1. The zero-order chi connectivity index (χ0) is 17.8. The first-order chi connectivity index (χ1) is 12.1. The Morgan fingerprint density at radius 2 is 2.12 bits per heavy atom. The van der Waals surface area contributed by atoms with Crippen LogP contribution in [0.2, 0.25) is 5.02 Å². The molecule has 0 amide bonds. The second-order valence-electron chi connectivity index (χ2n) is 5.97. The number of aromatic nitrogens is 2. The second kappa shape index (κ2) is 7.95. The molecule has 0 N–H and O–H groups in total. The molecule has 1 aromatic carbocycles. The first-order valence-corrected chi connectivity index (χ1v) is 8.49. The Balaban J connectivity index is 1.94. The third-order valence-corrected chi connectivity index (χ3v) is 4.27. The quantitative estimate of drug-likeness (QED) is 0.748. The van der Waals surface area contributed by atoms with E-state index in [9.17, 15) is 4.79 Å². The summed E-state index contributed by atoms with van der Waals surface area (Å²) in [6.45, 7) is 3.54. The Labute approximate surface area is 151 Å². The molecule has 0 unspecified atom stereocenters. The molecule has 2 heterocycles. The molecule has 1 fully saturated rings. The molecule has 3 rings (SSSR count). The maximum Gasteiger partial charge on any atom is 0.319 e. The van der Waals surface area contributed by atoms with E-state index in [2.05, 4.69) is 9.88 Å². The third kappa shape index (κ3) is 4.36. The maximum absolute atomic E-state index is 11.4. The average Bonchev–Trinajstić information content (AvgIpc) is 2.61. The van der Waals surface area contributed by atoms with E-state index in [1.807, 2.05) is 30.1 Å². The molecule has 134 valence electrons. The molecule has 0 bridgehead atoms. The van der Waals surface area contributed by atoms with E-state index in [1.54, 1.807) is 0 Å². The number of methoxy groups -OCH3 is 1. The van der Waals surface area contributed by atoms with E-state index in [1.165, 1.54) is 7.11 Å². The molecule has 25 heavy (non-hydrogen) atoms. The number of nitrogens with zero attached hydrogens (tertiary/aromatic N) is 4. The molecule has 0 atom stereocenters. The van der Waals surface area contributed by atoms with Crippen LogP contribution in [0.4, 0.5) is 5.82 Å². The van der Waals surface area contributed by atoms with Gasteiger partial charge < -0.3 is 14.4 Å². The lowest BCUT2D eigenvalue weighted by molar-refractivity contribution is -0.141. The van der Waals surface area contributed by atoms with Gasteiger partial charge in [0.2, 0.25) is 0 Å². The van der Waals surface area contributed by atoms with Crippen LogP contribution in [0.25, 0.3) is 10.9 Å². The SMILES string of the molecule is COC(=O)CN(C)Cc1nc(N2CCOCC2)c2ccc(Cl)cc2n1. The first kappa shape index (κ1) is 17.8. The van der Waals surface area contributed by atoms with Crippen molar-refractivity contribution in [2.75, 3.05) is 51.9 Å². The number of benzene rings is 1. The minimum atomic E-state index is -0.292. The molecule has 1 aromatic heterocycles. The highest BCUT2D eigenvalue weighted by Gasteiger charge is 2.18. The molecule has 1 saturated heterocycles. The van der Waals surface area contributed by atoms with Gasteiger partial charge in [0.05, 0.1) is 38.9 Å². The van der Waals surface area contributed by atoms with Crippen LogP contribution in [-0.2, 0) is 20.8 Å². The van der Waals surface area contributed by atoms with E-state index in [0.717, 1.165) is 29.8 Å². The van der Waals surface area contributed by atoms with Crippen molar-refractivity contribution >= 4 is 34.3 Å². The molecular weight excluding hydrogens is 344 g/mol. The van der Waals surface area contributed by atoms with Crippen molar-refractivity contribution in [3.8, 4) is 0 Å². The molecule has 8 heteroatoms. The van der Waals surface area contributed by atoms with Crippen LogP contribution in [0.1, 0.15) is 5.82 Å². The number of carbonyl (C=O) groups is 1. The Bertz CT molecular complexity index is 765. The van der Waals surface area contributed by atoms with Gasteiger partial charge in [0, 0.05) is 23.5 Å². The molecular formula is C17H21ClN4O3. The highest BCUT2D eigenvalue weighted by molar-refractivity contribution is 6.31. The number of carbonyl (C=O) groups excluding carboxylic acids is 1. The van der Waals surface area contributed by atoms with Crippen molar-refractivity contribution in [2.24, 2.45) is 0 Å². The standard InChI is InChI=1S/C17H21ClN4O3/c1-21(11-16(23)24-2)10-15-19-14-9-12(18)3-4-13(14)17(20-15)22-5-7-25-8-6-22/h3-4,9H,5-8,10-11H2,1-2H3. The van der Waals surface area contributed by atoms with Crippen molar-refractivity contribution in [3.05, 3.63) is 29.0 Å². The fourth-order valence-corrected chi connectivity index (χ4v) is 2.97. The smallest absolute Gasteiger partial charge is 0.319 e. The lowest BCUT2D eigenvalue weighted by Crippen LogP contribution is -2.37. The van der Waals surface area contributed by atoms with Gasteiger partial charge in [-0.1, -0.05) is 11.6 Å². The molecule has 0 spiro atoms. The zero-order valence-electron chi connectivity index (χ0n) is 14.4. The van der Waals surface area contributed by atoms with Crippen LogP contribution in [0.3, 0.4) is 0 Å². The highest BCUT2D eigenvalue weighted by atomic mass is 35.5. The van der Waals surface area contributed by atoms with E-state index < -0.39 is 0 Å². The van der Waals surface area contributed by atoms with Crippen LogP contribution >= 0.6 is 11.6 Å². The number of likely N-dealkylation sites (N-methyl/N-ethyl adjacent to an activating group) is 1. The van der Waals surface area contributed by atoms with Gasteiger partial charge in [-0.25, -0.2) is 9.97 Å².